The molecule has 22 heavy (non-hydrogen) atoms. The van der Waals surface area contributed by atoms with Crippen molar-refractivity contribution in [2.24, 2.45) is 0 Å². The predicted octanol–water partition coefficient (Wildman–Crippen LogP) is 5.63. The zero-order valence-corrected chi connectivity index (χ0v) is 12.0. The topological polar surface area (TPSA) is 25.0 Å². The van der Waals surface area contributed by atoms with Crippen LogP contribution in [0.4, 0.5) is 0 Å². The van der Waals surface area contributed by atoms with Gasteiger partial charge in [0.2, 0.25) is 0 Å². The van der Waals surface area contributed by atoms with Crippen molar-refractivity contribution in [3.05, 3.63) is 85.1 Å². The molecule has 3 aromatic carbocycles. The minimum Gasteiger partial charge on any atom is -0.457 e. The Morgan fingerprint density at radius 3 is 2.18 bits per heavy atom. The number of hydrogen-bond acceptors (Lipinski definition) is 1. The normalized spacial score (nSPS) is 10.7. The van der Waals surface area contributed by atoms with Gasteiger partial charge in [-0.05, 0) is 52.9 Å². The second-order valence-corrected chi connectivity index (χ2v) is 5.22. The Kier molecular flexibility index (Phi) is 3.13. The number of ether oxygens (including phenoxy) is 1. The first-order valence-electron chi connectivity index (χ1n) is 7.29. The van der Waals surface area contributed by atoms with E-state index in [1.54, 1.807) is 0 Å². The van der Waals surface area contributed by atoms with Gasteiger partial charge in [-0.1, -0.05) is 42.5 Å². The molecule has 2 heteroatoms. The molecule has 1 N–H and O–H groups in total. The minimum absolute atomic E-state index is 0.843. The average Bonchev–Trinajstić information content (AvgIpc) is 3.04. The van der Waals surface area contributed by atoms with Gasteiger partial charge in [0.05, 0.1) is 0 Å². The van der Waals surface area contributed by atoms with E-state index in [0.717, 1.165) is 17.0 Å². The van der Waals surface area contributed by atoms with Gasteiger partial charge in [-0.25, -0.2) is 0 Å². The summed E-state index contributed by atoms with van der Waals surface area (Å²) in [6.07, 6.45) is 1.96. The molecule has 0 amide bonds. The van der Waals surface area contributed by atoms with E-state index in [0.29, 0.717) is 0 Å². The van der Waals surface area contributed by atoms with Gasteiger partial charge < -0.3 is 9.72 Å². The fraction of sp³-hybridized carbons (Fsp3) is 0. The summed E-state index contributed by atoms with van der Waals surface area (Å²) in [5.74, 6) is 1.69. The Bertz CT molecular complexity index is 892. The van der Waals surface area contributed by atoms with Crippen LogP contribution in [0.5, 0.6) is 11.5 Å². The molecule has 0 saturated carbocycles. The quantitative estimate of drug-likeness (QED) is 0.518. The zero-order chi connectivity index (χ0) is 14.8. The van der Waals surface area contributed by atoms with Gasteiger partial charge >= 0.3 is 0 Å². The van der Waals surface area contributed by atoms with E-state index in [9.17, 15) is 0 Å². The number of nitrogens with one attached hydrogen (secondary N) is 1. The van der Waals surface area contributed by atoms with E-state index in [4.69, 9.17) is 4.74 Å². The smallest absolute Gasteiger partial charge is 0.127 e. The van der Waals surface area contributed by atoms with Crippen LogP contribution in [0.3, 0.4) is 0 Å². The molecule has 0 radical (unpaired) electrons. The molecule has 106 valence electrons. The van der Waals surface area contributed by atoms with E-state index in [-0.39, 0.29) is 0 Å². The Morgan fingerprint density at radius 2 is 1.36 bits per heavy atom. The third-order valence-corrected chi connectivity index (χ3v) is 3.72. The van der Waals surface area contributed by atoms with Crippen molar-refractivity contribution in [1.29, 1.82) is 0 Å². The Hall–Kier alpha value is -3.00. The zero-order valence-electron chi connectivity index (χ0n) is 12.0. The third kappa shape index (κ3) is 2.47. The van der Waals surface area contributed by atoms with Crippen LogP contribution in [0.2, 0.25) is 0 Å². The fourth-order valence-corrected chi connectivity index (χ4v) is 2.57. The molecule has 0 saturated heterocycles. The number of aromatic amines is 1. The Labute approximate surface area is 129 Å². The average molecular weight is 285 g/mol. The van der Waals surface area contributed by atoms with Crippen molar-refractivity contribution < 1.29 is 4.74 Å². The van der Waals surface area contributed by atoms with E-state index in [1.807, 2.05) is 48.7 Å². The van der Waals surface area contributed by atoms with E-state index < -0.39 is 0 Å². The van der Waals surface area contributed by atoms with Gasteiger partial charge in [0, 0.05) is 11.7 Å². The second kappa shape index (κ2) is 5.41. The summed E-state index contributed by atoms with van der Waals surface area (Å²) in [6.45, 7) is 0. The van der Waals surface area contributed by atoms with Crippen molar-refractivity contribution in [2.75, 3.05) is 0 Å². The van der Waals surface area contributed by atoms with Crippen LogP contribution in [-0.2, 0) is 0 Å². The van der Waals surface area contributed by atoms with Gasteiger partial charge in [-0.3, -0.25) is 0 Å². The van der Waals surface area contributed by atoms with Gasteiger partial charge in [0.15, 0.2) is 0 Å². The summed E-state index contributed by atoms with van der Waals surface area (Å²) in [6, 6.07) is 26.5. The molecule has 0 atom stereocenters. The standard InChI is InChI=1S/C20H15NO/c1-2-4-18(5-3-1)22-19-10-8-15(9-11-19)17-7-6-16-12-13-21-20(16)14-17/h1-14,21H. The van der Waals surface area contributed by atoms with Crippen molar-refractivity contribution >= 4 is 10.9 Å². The van der Waals surface area contributed by atoms with Gasteiger partial charge in [0.1, 0.15) is 11.5 Å². The summed E-state index contributed by atoms with van der Waals surface area (Å²) < 4.78 is 5.82. The number of para-hydroxylation sites is 1. The van der Waals surface area contributed by atoms with Gasteiger partial charge in [-0.2, -0.15) is 0 Å². The van der Waals surface area contributed by atoms with Crippen molar-refractivity contribution in [2.45, 2.75) is 0 Å². The first kappa shape index (κ1) is 12.7. The molecule has 0 aliphatic rings. The van der Waals surface area contributed by atoms with Crippen LogP contribution >= 0.6 is 0 Å². The summed E-state index contributed by atoms with van der Waals surface area (Å²) in [5, 5.41) is 1.23. The molecule has 2 nitrogen and oxygen atoms in total. The highest BCUT2D eigenvalue weighted by molar-refractivity contribution is 5.84. The molecule has 0 aliphatic heterocycles. The number of H-pyrrole nitrogens is 1. The van der Waals surface area contributed by atoms with Crippen molar-refractivity contribution in [3.63, 3.8) is 0 Å². The lowest BCUT2D eigenvalue weighted by molar-refractivity contribution is 0.483. The molecule has 0 unspecified atom stereocenters. The number of rotatable bonds is 3. The first-order valence-corrected chi connectivity index (χ1v) is 7.29. The molecule has 0 aliphatic carbocycles. The SMILES string of the molecule is c1ccc(Oc2ccc(-c3ccc4cc[nH]c4c3)cc2)cc1. The highest BCUT2D eigenvalue weighted by atomic mass is 16.5. The van der Waals surface area contributed by atoms with Crippen LogP contribution < -0.4 is 4.74 Å². The van der Waals surface area contributed by atoms with Crippen LogP contribution in [0, 0.1) is 0 Å². The molecule has 0 bridgehead atoms. The van der Waals surface area contributed by atoms with E-state index in [1.165, 1.54) is 16.5 Å². The second-order valence-electron chi connectivity index (χ2n) is 5.22. The molecule has 1 heterocycles. The van der Waals surface area contributed by atoms with Gasteiger partial charge in [0.25, 0.3) is 0 Å². The maximum absolute atomic E-state index is 5.82. The highest BCUT2D eigenvalue weighted by Crippen LogP contribution is 2.27. The number of benzene rings is 3. The van der Waals surface area contributed by atoms with Crippen molar-refractivity contribution in [3.8, 4) is 22.6 Å². The van der Waals surface area contributed by atoms with Crippen LogP contribution in [0.25, 0.3) is 22.0 Å². The monoisotopic (exact) mass is 285 g/mol. The Morgan fingerprint density at radius 1 is 0.636 bits per heavy atom. The van der Waals surface area contributed by atoms with Crippen LogP contribution in [0.1, 0.15) is 0 Å². The molecule has 0 spiro atoms. The van der Waals surface area contributed by atoms with E-state index in [2.05, 4.69) is 41.4 Å². The lowest BCUT2D eigenvalue weighted by Crippen LogP contribution is -1.84. The largest absolute Gasteiger partial charge is 0.457 e. The number of hydrogen-bond donors (Lipinski definition) is 1. The maximum atomic E-state index is 5.82. The van der Waals surface area contributed by atoms with Crippen LogP contribution in [-0.4, -0.2) is 4.98 Å². The summed E-state index contributed by atoms with van der Waals surface area (Å²) >= 11 is 0. The molecular formula is C20H15NO. The van der Waals surface area contributed by atoms with Crippen molar-refractivity contribution in [1.82, 2.24) is 4.98 Å². The molecular weight excluding hydrogens is 270 g/mol. The summed E-state index contributed by atoms with van der Waals surface area (Å²) in [4.78, 5) is 3.25. The summed E-state index contributed by atoms with van der Waals surface area (Å²) in [5.41, 5.74) is 3.53. The Balaban J connectivity index is 1.61. The molecule has 4 rings (SSSR count). The fourth-order valence-electron chi connectivity index (χ4n) is 2.57. The maximum Gasteiger partial charge on any atom is 0.127 e. The summed E-state index contributed by atoms with van der Waals surface area (Å²) in [7, 11) is 0. The third-order valence-electron chi connectivity index (χ3n) is 3.72. The number of fused-ring (bicyclic) bond motifs is 1. The first-order chi connectivity index (χ1) is 10.9. The molecule has 4 aromatic rings. The van der Waals surface area contributed by atoms with Crippen LogP contribution in [0.15, 0.2) is 85.1 Å². The lowest BCUT2D eigenvalue weighted by Gasteiger charge is -2.07. The molecule has 0 fully saturated rings. The van der Waals surface area contributed by atoms with Gasteiger partial charge in [-0.15, -0.1) is 0 Å². The highest BCUT2D eigenvalue weighted by Gasteiger charge is 2.02. The van der Waals surface area contributed by atoms with E-state index >= 15 is 0 Å². The number of aromatic nitrogens is 1. The molecule has 1 aromatic heterocycles. The predicted molar refractivity (Wildman–Crippen MR) is 90.3 cm³/mol. The lowest BCUT2D eigenvalue weighted by atomic mass is 10.0. The minimum atomic E-state index is 0.843.